The second-order valence-electron chi connectivity index (χ2n) is 6.86. The standard InChI is InChI=1S/C18H19F2N3O3/c1-2-26-17(25)9-8-23-15-10(16(9)24)13(21)11(19)12(20)14(15)22-7-6-18(23)4-3-5-18/h8,22H,2-7,21H2,1H3. The lowest BCUT2D eigenvalue weighted by Gasteiger charge is -2.44. The number of ether oxygens (including phenoxy) is 1. The van der Waals surface area contributed by atoms with Crippen LogP contribution in [0.15, 0.2) is 11.0 Å². The number of nitrogens with two attached hydrogens (primary N) is 1. The first-order valence-corrected chi connectivity index (χ1v) is 8.68. The number of nitrogens with zero attached hydrogens (tertiary/aromatic N) is 1. The first-order chi connectivity index (χ1) is 12.4. The molecule has 1 spiro atoms. The van der Waals surface area contributed by atoms with Crippen LogP contribution in [-0.4, -0.2) is 23.7 Å². The maximum absolute atomic E-state index is 14.5. The molecule has 1 aromatic carbocycles. The summed E-state index contributed by atoms with van der Waals surface area (Å²) in [6, 6.07) is 0. The van der Waals surface area contributed by atoms with E-state index in [1.807, 2.05) is 0 Å². The van der Waals surface area contributed by atoms with Gasteiger partial charge in [0.2, 0.25) is 5.43 Å². The van der Waals surface area contributed by atoms with Gasteiger partial charge >= 0.3 is 5.97 Å². The molecule has 3 N–H and O–H groups in total. The lowest BCUT2D eigenvalue weighted by molar-refractivity contribution is 0.0522. The number of nitrogens with one attached hydrogen (secondary N) is 1. The fourth-order valence-electron chi connectivity index (χ4n) is 4.06. The first-order valence-electron chi connectivity index (χ1n) is 8.68. The average Bonchev–Trinajstić information content (AvgIpc) is 2.75. The Bertz CT molecular complexity index is 996. The predicted octanol–water partition coefficient (Wildman–Crippen LogP) is 2.73. The third-order valence-corrected chi connectivity index (χ3v) is 5.55. The number of anilines is 2. The number of pyridine rings is 1. The van der Waals surface area contributed by atoms with Crippen molar-refractivity contribution in [1.29, 1.82) is 0 Å². The molecule has 8 heteroatoms. The van der Waals surface area contributed by atoms with Crippen molar-refractivity contribution in [3.05, 3.63) is 33.6 Å². The van der Waals surface area contributed by atoms with Crippen LogP contribution in [-0.2, 0) is 10.3 Å². The molecule has 138 valence electrons. The molecule has 0 amide bonds. The second-order valence-corrected chi connectivity index (χ2v) is 6.86. The summed E-state index contributed by atoms with van der Waals surface area (Å²) in [7, 11) is 0. The molecule has 2 heterocycles. The highest BCUT2D eigenvalue weighted by Gasteiger charge is 2.42. The number of hydrogen-bond acceptors (Lipinski definition) is 5. The van der Waals surface area contributed by atoms with Gasteiger partial charge < -0.3 is 20.4 Å². The zero-order chi connectivity index (χ0) is 18.6. The maximum Gasteiger partial charge on any atom is 0.343 e. The summed E-state index contributed by atoms with van der Waals surface area (Å²) in [5.41, 5.74) is 4.03. The first kappa shape index (κ1) is 16.8. The van der Waals surface area contributed by atoms with Crippen molar-refractivity contribution in [3.63, 3.8) is 0 Å². The van der Waals surface area contributed by atoms with E-state index in [9.17, 15) is 18.4 Å². The van der Waals surface area contributed by atoms with Gasteiger partial charge in [0.1, 0.15) is 5.56 Å². The van der Waals surface area contributed by atoms with Crippen LogP contribution in [0, 0.1) is 11.6 Å². The highest BCUT2D eigenvalue weighted by molar-refractivity contribution is 6.03. The Morgan fingerprint density at radius 3 is 2.69 bits per heavy atom. The minimum absolute atomic E-state index is 0.0806. The molecule has 1 fully saturated rings. The lowest BCUT2D eigenvalue weighted by Crippen LogP contribution is -2.42. The number of aromatic nitrogens is 1. The van der Waals surface area contributed by atoms with E-state index in [1.54, 1.807) is 11.5 Å². The second kappa shape index (κ2) is 5.69. The molecule has 1 aromatic heterocycles. The van der Waals surface area contributed by atoms with E-state index in [0.717, 1.165) is 19.3 Å². The molecule has 0 bridgehead atoms. The van der Waals surface area contributed by atoms with Gasteiger partial charge in [-0.1, -0.05) is 0 Å². The summed E-state index contributed by atoms with van der Waals surface area (Å²) >= 11 is 0. The molecule has 1 saturated carbocycles. The van der Waals surface area contributed by atoms with Crippen molar-refractivity contribution in [2.75, 3.05) is 24.2 Å². The number of carbonyl (C=O) groups is 1. The molecule has 0 unspecified atom stereocenters. The van der Waals surface area contributed by atoms with Crippen molar-refractivity contribution in [2.24, 2.45) is 0 Å². The van der Waals surface area contributed by atoms with Gasteiger partial charge in [-0.05, 0) is 32.6 Å². The van der Waals surface area contributed by atoms with Crippen LogP contribution in [0.25, 0.3) is 10.9 Å². The van der Waals surface area contributed by atoms with Crippen LogP contribution in [0.3, 0.4) is 0 Å². The molecular weight excluding hydrogens is 344 g/mol. The van der Waals surface area contributed by atoms with Gasteiger partial charge in [0.05, 0.1) is 28.9 Å². The van der Waals surface area contributed by atoms with Crippen molar-refractivity contribution >= 4 is 28.2 Å². The molecule has 1 aliphatic heterocycles. The molecule has 0 radical (unpaired) electrons. The highest BCUT2D eigenvalue weighted by atomic mass is 19.2. The van der Waals surface area contributed by atoms with Gasteiger partial charge in [0.25, 0.3) is 0 Å². The predicted molar refractivity (Wildman–Crippen MR) is 93.4 cm³/mol. The van der Waals surface area contributed by atoms with E-state index in [4.69, 9.17) is 10.5 Å². The lowest BCUT2D eigenvalue weighted by atomic mass is 9.74. The Balaban J connectivity index is 2.17. The summed E-state index contributed by atoms with van der Waals surface area (Å²) in [6.07, 6.45) is 4.73. The largest absolute Gasteiger partial charge is 0.462 e. The van der Waals surface area contributed by atoms with Crippen molar-refractivity contribution in [3.8, 4) is 0 Å². The zero-order valence-corrected chi connectivity index (χ0v) is 14.3. The minimum atomic E-state index is -1.28. The molecule has 6 nitrogen and oxygen atoms in total. The van der Waals surface area contributed by atoms with Gasteiger partial charge in [0, 0.05) is 18.3 Å². The third-order valence-electron chi connectivity index (χ3n) is 5.55. The van der Waals surface area contributed by atoms with Crippen molar-refractivity contribution < 1.29 is 18.3 Å². The Morgan fingerprint density at radius 1 is 1.35 bits per heavy atom. The SMILES string of the molecule is CCOC(=O)c1cn2c3c(c(F)c(F)c(N)c3c1=O)NCCC21CCC1. The van der Waals surface area contributed by atoms with Gasteiger partial charge in [-0.3, -0.25) is 4.79 Å². The average molecular weight is 363 g/mol. The van der Waals surface area contributed by atoms with Crippen LogP contribution in [0.1, 0.15) is 43.0 Å². The quantitative estimate of drug-likeness (QED) is 0.633. The van der Waals surface area contributed by atoms with E-state index in [-0.39, 0.29) is 34.3 Å². The fraction of sp³-hybridized carbons (Fsp3) is 0.444. The summed E-state index contributed by atoms with van der Waals surface area (Å²) in [5.74, 6) is -3.18. The Kier molecular flexibility index (Phi) is 3.68. The number of hydrogen-bond donors (Lipinski definition) is 2. The third kappa shape index (κ3) is 2.07. The van der Waals surface area contributed by atoms with Gasteiger partial charge in [-0.25, -0.2) is 13.6 Å². The Labute approximate surface area is 147 Å². The number of fused-ring (bicyclic) bond motifs is 1. The summed E-state index contributed by atoms with van der Waals surface area (Å²) in [6.45, 7) is 2.16. The van der Waals surface area contributed by atoms with E-state index in [1.165, 1.54) is 6.20 Å². The highest BCUT2D eigenvalue weighted by Crippen LogP contribution is 2.47. The summed E-state index contributed by atoms with van der Waals surface area (Å²) in [4.78, 5) is 25.2. The molecule has 0 atom stereocenters. The van der Waals surface area contributed by atoms with Crippen molar-refractivity contribution in [2.45, 2.75) is 38.1 Å². The Hall–Kier alpha value is -2.64. The van der Waals surface area contributed by atoms with Gasteiger partial charge in [0.15, 0.2) is 11.6 Å². The molecule has 2 aliphatic rings. The molecule has 1 aliphatic carbocycles. The smallest absolute Gasteiger partial charge is 0.343 e. The van der Waals surface area contributed by atoms with Crippen LogP contribution < -0.4 is 16.5 Å². The summed E-state index contributed by atoms with van der Waals surface area (Å²) in [5, 5.41) is 2.73. The van der Waals surface area contributed by atoms with Crippen LogP contribution in [0.5, 0.6) is 0 Å². The maximum atomic E-state index is 14.5. The number of halogens is 2. The van der Waals surface area contributed by atoms with E-state index in [0.29, 0.717) is 13.0 Å². The molecule has 2 aromatic rings. The molecular formula is C18H19F2N3O3. The minimum Gasteiger partial charge on any atom is -0.462 e. The molecule has 0 saturated heterocycles. The number of rotatable bonds is 2. The number of benzene rings is 1. The Morgan fingerprint density at radius 2 is 2.08 bits per heavy atom. The van der Waals surface area contributed by atoms with Gasteiger partial charge in [-0.2, -0.15) is 0 Å². The monoisotopic (exact) mass is 363 g/mol. The van der Waals surface area contributed by atoms with Crippen LogP contribution in [0.4, 0.5) is 20.2 Å². The normalized spacial score (nSPS) is 17.5. The fourth-order valence-corrected chi connectivity index (χ4v) is 4.06. The zero-order valence-electron chi connectivity index (χ0n) is 14.3. The number of carbonyl (C=O) groups excluding carboxylic acids is 1. The summed E-state index contributed by atoms with van der Waals surface area (Å²) < 4.78 is 35.6. The van der Waals surface area contributed by atoms with E-state index in [2.05, 4.69) is 5.32 Å². The molecule has 4 rings (SSSR count). The number of nitrogen functional groups attached to an aromatic ring is 1. The number of esters is 1. The van der Waals surface area contributed by atoms with Crippen molar-refractivity contribution in [1.82, 2.24) is 4.57 Å². The van der Waals surface area contributed by atoms with E-state index >= 15 is 0 Å². The van der Waals surface area contributed by atoms with Crippen LogP contribution >= 0.6 is 0 Å². The van der Waals surface area contributed by atoms with Crippen LogP contribution in [0.2, 0.25) is 0 Å². The molecule has 26 heavy (non-hydrogen) atoms. The van der Waals surface area contributed by atoms with Gasteiger partial charge in [-0.15, -0.1) is 0 Å². The van der Waals surface area contributed by atoms with E-state index < -0.39 is 28.7 Å². The topological polar surface area (TPSA) is 86.3 Å².